The van der Waals surface area contributed by atoms with E-state index in [4.69, 9.17) is 0 Å². The Morgan fingerprint density at radius 1 is 1.38 bits per heavy atom. The van der Waals surface area contributed by atoms with Gasteiger partial charge in [-0.1, -0.05) is 24.3 Å². The first-order chi connectivity index (χ1) is 11.7. The topological polar surface area (TPSA) is 92.1 Å². The van der Waals surface area contributed by atoms with Gasteiger partial charge in [0.05, 0.1) is 12.1 Å². The molecule has 2 aromatic rings. The zero-order valence-corrected chi connectivity index (χ0v) is 13.4. The molecule has 2 aliphatic rings. The maximum atomic E-state index is 12.4. The molecule has 2 heterocycles. The first kappa shape index (κ1) is 15.3. The summed E-state index contributed by atoms with van der Waals surface area (Å²) in [5, 5.41) is 21.4. The number of amides is 1. The van der Waals surface area contributed by atoms with Crippen LogP contribution >= 0.6 is 0 Å². The zero-order chi connectivity index (χ0) is 16.6. The van der Waals surface area contributed by atoms with Crippen LogP contribution in [0.5, 0.6) is 0 Å². The van der Waals surface area contributed by atoms with Gasteiger partial charge in [0.15, 0.2) is 0 Å². The molecule has 1 amide bonds. The Balaban J connectivity index is 1.60. The second-order valence-corrected chi connectivity index (χ2v) is 6.58. The third-order valence-electron chi connectivity index (χ3n) is 5.30. The molecule has 0 unspecified atom stereocenters. The molecule has 4 rings (SSSR count). The highest BCUT2D eigenvalue weighted by atomic mass is 16.3. The molecule has 1 aromatic carbocycles. The van der Waals surface area contributed by atoms with Gasteiger partial charge in [-0.3, -0.25) is 4.79 Å². The van der Waals surface area contributed by atoms with Crippen LogP contribution in [0.3, 0.4) is 0 Å². The monoisotopic (exact) mass is 327 g/mol. The number of aromatic nitrogens is 3. The van der Waals surface area contributed by atoms with E-state index in [-0.39, 0.29) is 23.9 Å². The van der Waals surface area contributed by atoms with Crippen LogP contribution in [0.2, 0.25) is 0 Å². The summed E-state index contributed by atoms with van der Waals surface area (Å²) in [5.41, 5.74) is 1.93. The van der Waals surface area contributed by atoms with Gasteiger partial charge in [0.2, 0.25) is 5.91 Å². The fraction of sp³-hybridized carbons (Fsp3) is 0.471. The SMILES string of the molecule is O=C(Cn1cncn1)N[C@@H]1c2ccccc2C2(CCNCC2)[C@H]1O. The van der Waals surface area contributed by atoms with Crippen molar-refractivity contribution >= 4 is 5.91 Å². The molecule has 1 fully saturated rings. The van der Waals surface area contributed by atoms with E-state index < -0.39 is 6.10 Å². The summed E-state index contributed by atoms with van der Waals surface area (Å²) in [4.78, 5) is 16.2. The van der Waals surface area contributed by atoms with Crippen molar-refractivity contribution < 1.29 is 9.90 Å². The van der Waals surface area contributed by atoms with Gasteiger partial charge in [0.1, 0.15) is 19.2 Å². The van der Waals surface area contributed by atoms with Crippen LogP contribution in [0, 0.1) is 0 Å². The predicted octanol–water partition coefficient (Wildman–Crippen LogP) is 0.131. The second-order valence-electron chi connectivity index (χ2n) is 6.58. The van der Waals surface area contributed by atoms with Crippen LogP contribution < -0.4 is 10.6 Å². The first-order valence-corrected chi connectivity index (χ1v) is 8.31. The lowest BCUT2D eigenvalue weighted by Gasteiger charge is -2.38. The van der Waals surface area contributed by atoms with Crippen molar-refractivity contribution in [1.82, 2.24) is 25.4 Å². The van der Waals surface area contributed by atoms with Gasteiger partial charge in [-0.15, -0.1) is 0 Å². The number of nitrogens with zero attached hydrogens (tertiary/aromatic N) is 3. The number of hydrogen-bond donors (Lipinski definition) is 3. The molecule has 7 nitrogen and oxygen atoms in total. The quantitative estimate of drug-likeness (QED) is 0.745. The maximum Gasteiger partial charge on any atom is 0.242 e. The Labute approximate surface area is 140 Å². The van der Waals surface area contributed by atoms with Gasteiger partial charge in [0, 0.05) is 5.41 Å². The third kappa shape index (κ3) is 2.40. The van der Waals surface area contributed by atoms with Gasteiger partial charge in [-0.05, 0) is 37.1 Å². The maximum absolute atomic E-state index is 12.4. The van der Waals surface area contributed by atoms with Gasteiger partial charge in [-0.25, -0.2) is 9.67 Å². The molecule has 126 valence electrons. The zero-order valence-electron chi connectivity index (χ0n) is 13.4. The lowest BCUT2D eigenvalue weighted by Crippen LogP contribution is -2.48. The molecule has 0 radical (unpaired) electrons. The summed E-state index contributed by atoms with van der Waals surface area (Å²) in [6, 6.07) is 7.69. The molecule has 7 heteroatoms. The molecule has 3 N–H and O–H groups in total. The second kappa shape index (κ2) is 5.99. The number of carbonyl (C=O) groups excluding carboxylic acids is 1. The largest absolute Gasteiger partial charge is 0.390 e. The smallest absolute Gasteiger partial charge is 0.242 e. The van der Waals surface area contributed by atoms with E-state index in [1.54, 1.807) is 0 Å². The lowest BCUT2D eigenvalue weighted by molar-refractivity contribution is -0.123. The van der Waals surface area contributed by atoms with Crippen molar-refractivity contribution in [2.45, 2.75) is 36.9 Å². The number of hydrogen-bond acceptors (Lipinski definition) is 5. The summed E-state index contributed by atoms with van der Waals surface area (Å²) >= 11 is 0. The Hall–Kier alpha value is -2.25. The average Bonchev–Trinajstić information content (AvgIpc) is 3.19. The molecule has 24 heavy (non-hydrogen) atoms. The van der Waals surface area contributed by atoms with E-state index >= 15 is 0 Å². The molecule has 1 aromatic heterocycles. The van der Waals surface area contributed by atoms with E-state index in [9.17, 15) is 9.90 Å². The van der Waals surface area contributed by atoms with E-state index in [0.29, 0.717) is 0 Å². The number of aliphatic hydroxyl groups excluding tert-OH is 1. The third-order valence-corrected chi connectivity index (χ3v) is 5.30. The molecule has 1 saturated heterocycles. The molecule has 0 saturated carbocycles. The van der Waals surface area contributed by atoms with Gasteiger partial charge in [0.25, 0.3) is 0 Å². The number of benzene rings is 1. The van der Waals surface area contributed by atoms with Crippen molar-refractivity contribution in [3.05, 3.63) is 48.0 Å². The van der Waals surface area contributed by atoms with Gasteiger partial charge in [-0.2, -0.15) is 5.10 Å². The van der Waals surface area contributed by atoms with Crippen LogP contribution in [-0.4, -0.2) is 45.0 Å². The number of aliphatic hydroxyl groups is 1. The standard InChI is InChI=1S/C17H21N5O2/c23-14(9-22-11-19-10-20-22)21-15-12-3-1-2-4-13(12)17(16(15)24)5-7-18-8-6-17/h1-4,10-11,15-16,18,24H,5-9H2,(H,21,23)/t15-,16+/m1/s1. The van der Waals surface area contributed by atoms with Crippen LogP contribution in [0.25, 0.3) is 0 Å². The summed E-state index contributed by atoms with van der Waals surface area (Å²) < 4.78 is 1.48. The molecule has 1 aliphatic heterocycles. The van der Waals surface area contributed by atoms with Gasteiger partial charge >= 0.3 is 0 Å². The molecule has 1 spiro atoms. The Morgan fingerprint density at radius 2 is 2.17 bits per heavy atom. The molecule has 0 bridgehead atoms. The fourth-order valence-corrected chi connectivity index (χ4v) is 4.15. The van der Waals surface area contributed by atoms with E-state index in [1.807, 2.05) is 18.2 Å². The van der Waals surface area contributed by atoms with E-state index in [0.717, 1.165) is 31.5 Å². The molecule has 1 aliphatic carbocycles. The van der Waals surface area contributed by atoms with Crippen LogP contribution in [-0.2, 0) is 16.8 Å². The summed E-state index contributed by atoms with van der Waals surface area (Å²) in [6.45, 7) is 1.86. The Kier molecular flexibility index (Phi) is 3.82. The normalized spacial score (nSPS) is 24.7. The highest BCUT2D eigenvalue weighted by Gasteiger charge is 2.52. The number of fused-ring (bicyclic) bond motifs is 2. The number of piperidine rings is 1. The fourth-order valence-electron chi connectivity index (χ4n) is 4.15. The summed E-state index contributed by atoms with van der Waals surface area (Å²) in [6.07, 6.45) is 4.04. The summed E-state index contributed by atoms with van der Waals surface area (Å²) in [7, 11) is 0. The van der Waals surface area contributed by atoms with E-state index in [2.05, 4.69) is 26.8 Å². The van der Waals surface area contributed by atoms with Gasteiger partial charge < -0.3 is 15.7 Å². The average molecular weight is 327 g/mol. The van der Waals surface area contributed by atoms with Crippen LogP contribution in [0.4, 0.5) is 0 Å². The Bertz CT molecular complexity index is 724. The van der Waals surface area contributed by atoms with Crippen molar-refractivity contribution in [1.29, 1.82) is 0 Å². The summed E-state index contributed by atoms with van der Waals surface area (Å²) in [5.74, 6) is -0.176. The highest BCUT2D eigenvalue weighted by Crippen LogP contribution is 2.49. The number of rotatable bonds is 3. The van der Waals surface area contributed by atoms with Crippen molar-refractivity contribution in [2.24, 2.45) is 0 Å². The molecule has 2 atom stereocenters. The molecular formula is C17H21N5O2. The minimum atomic E-state index is -0.614. The number of nitrogens with one attached hydrogen (secondary N) is 2. The van der Waals surface area contributed by atoms with Crippen molar-refractivity contribution in [3.8, 4) is 0 Å². The predicted molar refractivity (Wildman–Crippen MR) is 87.1 cm³/mol. The highest BCUT2D eigenvalue weighted by molar-refractivity contribution is 5.76. The molecular weight excluding hydrogens is 306 g/mol. The minimum absolute atomic E-state index is 0.0972. The lowest BCUT2D eigenvalue weighted by atomic mass is 9.72. The van der Waals surface area contributed by atoms with Crippen LogP contribution in [0.1, 0.15) is 30.0 Å². The van der Waals surface area contributed by atoms with Crippen molar-refractivity contribution in [3.63, 3.8) is 0 Å². The number of carbonyl (C=O) groups is 1. The van der Waals surface area contributed by atoms with Crippen LogP contribution in [0.15, 0.2) is 36.9 Å². The van der Waals surface area contributed by atoms with Crippen molar-refractivity contribution in [2.75, 3.05) is 13.1 Å². The van der Waals surface area contributed by atoms with E-state index in [1.165, 1.54) is 22.9 Å². The first-order valence-electron chi connectivity index (χ1n) is 8.31. The Morgan fingerprint density at radius 3 is 2.92 bits per heavy atom. The minimum Gasteiger partial charge on any atom is -0.390 e.